The molecule has 0 bridgehead atoms. The van der Waals surface area contributed by atoms with Crippen molar-refractivity contribution in [3.05, 3.63) is 59.7 Å². The van der Waals surface area contributed by atoms with Gasteiger partial charge < -0.3 is 15.4 Å². The molecule has 130 valence electrons. The maximum Gasteiger partial charge on any atom is 0.339 e. The molecule has 0 aromatic heterocycles. The summed E-state index contributed by atoms with van der Waals surface area (Å²) in [4.78, 5) is 35.3. The van der Waals surface area contributed by atoms with Crippen molar-refractivity contribution in [3.8, 4) is 0 Å². The molecule has 6 nitrogen and oxygen atoms in total. The number of anilines is 2. The molecule has 0 fully saturated rings. The fourth-order valence-electron chi connectivity index (χ4n) is 2.02. The molecule has 0 aliphatic rings. The molecule has 0 aliphatic carbocycles. The van der Waals surface area contributed by atoms with E-state index in [0.29, 0.717) is 0 Å². The summed E-state index contributed by atoms with van der Waals surface area (Å²) in [7, 11) is 1.19. The van der Waals surface area contributed by atoms with Crippen LogP contribution in [0.1, 0.15) is 16.8 Å². The summed E-state index contributed by atoms with van der Waals surface area (Å²) >= 11 is 0. The number of methoxy groups -OCH3 is 1. The number of rotatable bonds is 5. The van der Waals surface area contributed by atoms with Crippen LogP contribution in [0.15, 0.2) is 42.5 Å². The zero-order chi connectivity index (χ0) is 18.4. The van der Waals surface area contributed by atoms with E-state index in [4.69, 9.17) is 0 Å². The van der Waals surface area contributed by atoms with Gasteiger partial charge in [-0.05, 0) is 24.3 Å². The number of carbonyl (C=O) groups is 3. The molecule has 0 spiro atoms. The molecule has 2 N–H and O–H groups in total. The number of ether oxygens (including phenoxy) is 1. The first-order chi connectivity index (χ1) is 11.9. The molecule has 0 atom stereocenters. The molecule has 25 heavy (non-hydrogen) atoms. The lowest BCUT2D eigenvalue weighted by atomic mass is 10.1. The van der Waals surface area contributed by atoms with Crippen molar-refractivity contribution in [2.24, 2.45) is 0 Å². The van der Waals surface area contributed by atoms with E-state index in [-0.39, 0.29) is 11.3 Å². The summed E-state index contributed by atoms with van der Waals surface area (Å²) in [6.45, 7) is 0. The fraction of sp³-hybridized carbons (Fsp3) is 0.118. The van der Waals surface area contributed by atoms with Gasteiger partial charge in [-0.15, -0.1) is 0 Å². The molecule has 2 rings (SSSR count). The van der Waals surface area contributed by atoms with Gasteiger partial charge >= 0.3 is 5.97 Å². The Morgan fingerprint density at radius 1 is 0.920 bits per heavy atom. The molecule has 2 amide bonds. The highest BCUT2D eigenvalue weighted by molar-refractivity contribution is 6.10. The van der Waals surface area contributed by atoms with E-state index in [2.05, 4.69) is 10.1 Å². The third-order valence-electron chi connectivity index (χ3n) is 3.15. The van der Waals surface area contributed by atoms with Crippen LogP contribution in [0.25, 0.3) is 0 Å². The molecule has 0 saturated heterocycles. The van der Waals surface area contributed by atoms with Crippen molar-refractivity contribution in [3.63, 3.8) is 0 Å². The molecule has 0 aliphatic heterocycles. The van der Waals surface area contributed by atoms with Crippen LogP contribution >= 0.6 is 0 Å². The average Bonchev–Trinajstić information content (AvgIpc) is 2.58. The molecule has 0 radical (unpaired) electrons. The maximum atomic E-state index is 13.5. The molecule has 0 unspecified atom stereocenters. The van der Waals surface area contributed by atoms with Crippen LogP contribution in [0.5, 0.6) is 0 Å². The minimum atomic E-state index is -0.954. The van der Waals surface area contributed by atoms with Gasteiger partial charge in [0.2, 0.25) is 11.8 Å². The zero-order valence-corrected chi connectivity index (χ0v) is 13.1. The second-order valence-electron chi connectivity index (χ2n) is 4.91. The first kappa shape index (κ1) is 18.1. The van der Waals surface area contributed by atoms with E-state index >= 15 is 0 Å². The van der Waals surface area contributed by atoms with Crippen LogP contribution in [-0.4, -0.2) is 24.9 Å². The third kappa shape index (κ3) is 4.60. The summed E-state index contributed by atoms with van der Waals surface area (Å²) < 4.78 is 31.5. The normalized spacial score (nSPS) is 10.0. The second-order valence-corrected chi connectivity index (χ2v) is 4.91. The number of esters is 1. The summed E-state index contributed by atoms with van der Waals surface area (Å²) in [5.74, 6) is -4.23. The van der Waals surface area contributed by atoms with E-state index < -0.39 is 41.5 Å². The molecular formula is C17H14F2N2O4. The second kappa shape index (κ2) is 8.00. The predicted molar refractivity (Wildman–Crippen MR) is 86.0 cm³/mol. The first-order valence-corrected chi connectivity index (χ1v) is 7.13. The zero-order valence-electron chi connectivity index (χ0n) is 13.1. The molecule has 8 heteroatoms. The summed E-state index contributed by atoms with van der Waals surface area (Å²) in [6.07, 6.45) is -0.691. The lowest BCUT2D eigenvalue weighted by molar-refractivity contribution is -0.123. The van der Waals surface area contributed by atoms with Gasteiger partial charge in [0.15, 0.2) is 0 Å². The van der Waals surface area contributed by atoms with Crippen molar-refractivity contribution in [1.29, 1.82) is 0 Å². The van der Waals surface area contributed by atoms with Crippen LogP contribution < -0.4 is 10.6 Å². The third-order valence-corrected chi connectivity index (χ3v) is 3.15. The minimum absolute atomic E-state index is 0.110. The number of amides is 2. The Morgan fingerprint density at radius 2 is 1.52 bits per heavy atom. The molecular weight excluding hydrogens is 334 g/mol. The van der Waals surface area contributed by atoms with Crippen molar-refractivity contribution in [2.45, 2.75) is 6.42 Å². The van der Waals surface area contributed by atoms with Crippen molar-refractivity contribution in [2.75, 3.05) is 17.7 Å². The first-order valence-electron chi connectivity index (χ1n) is 7.13. The van der Waals surface area contributed by atoms with E-state index in [0.717, 1.165) is 18.2 Å². The van der Waals surface area contributed by atoms with Gasteiger partial charge in [0.25, 0.3) is 0 Å². The monoisotopic (exact) mass is 348 g/mol. The number of hydrogen-bond acceptors (Lipinski definition) is 4. The SMILES string of the molecule is COC(=O)c1ccccc1NC(=O)CC(=O)Nc1c(F)cccc1F. The lowest BCUT2D eigenvalue weighted by Gasteiger charge is -2.10. The number of para-hydroxylation sites is 2. The standard InChI is InChI=1S/C17H14F2N2O4/c1-25-17(24)10-5-2-3-8-13(10)20-14(22)9-15(23)21-16-11(18)6-4-7-12(16)19/h2-8H,9H2,1H3,(H,20,22)(H,21,23). The van der Waals surface area contributed by atoms with Crippen molar-refractivity contribution >= 4 is 29.2 Å². The molecule has 2 aromatic rings. The Balaban J connectivity index is 2.04. The van der Waals surface area contributed by atoms with Gasteiger partial charge in [-0.2, -0.15) is 0 Å². The highest BCUT2D eigenvalue weighted by atomic mass is 19.1. The number of benzene rings is 2. The Hall–Kier alpha value is -3.29. The average molecular weight is 348 g/mol. The Labute approximate surface area is 141 Å². The Kier molecular flexibility index (Phi) is 5.78. The van der Waals surface area contributed by atoms with E-state index in [9.17, 15) is 23.2 Å². The van der Waals surface area contributed by atoms with Gasteiger partial charge in [-0.25, -0.2) is 13.6 Å². The summed E-state index contributed by atoms with van der Waals surface area (Å²) in [6, 6.07) is 9.16. The quantitative estimate of drug-likeness (QED) is 0.643. The smallest absolute Gasteiger partial charge is 0.339 e. The molecule has 0 heterocycles. The van der Waals surface area contributed by atoms with Crippen molar-refractivity contribution < 1.29 is 27.9 Å². The highest BCUT2D eigenvalue weighted by Gasteiger charge is 2.17. The van der Waals surface area contributed by atoms with E-state index in [1.165, 1.54) is 19.2 Å². The summed E-state index contributed by atoms with van der Waals surface area (Å²) in [5.41, 5.74) is -0.363. The van der Waals surface area contributed by atoms with Crippen LogP contribution in [0, 0.1) is 11.6 Å². The van der Waals surface area contributed by atoms with Gasteiger partial charge in [-0.3, -0.25) is 9.59 Å². The minimum Gasteiger partial charge on any atom is -0.465 e. The van der Waals surface area contributed by atoms with Gasteiger partial charge in [0, 0.05) is 0 Å². The maximum absolute atomic E-state index is 13.5. The Bertz CT molecular complexity index is 804. The van der Waals surface area contributed by atoms with Gasteiger partial charge in [-0.1, -0.05) is 18.2 Å². The fourth-order valence-corrected chi connectivity index (χ4v) is 2.02. The molecule has 2 aromatic carbocycles. The largest absolute Gasteiger partial charge is 0.465 e. The van der Waals surface area contributed by atoms with Crippen LogP contribution in [-0.2, 0) is 14.3 Å². The number of hydrogen-bond donors (Lipinski definition) is 2. The van der Waals surface area contributed by atoms with E-state index in [1.54, 1.807) is 12.1 Å². The molecule has 0 saturated carbocycles. The predicted octanol–water partition coefficient (Wildman–Crippen LogP) is 2.72. The van der Waals surface area contributed by atoms with Crippen LogP contribution in [0.4, 0.5) is 20.2 Å². The van der Waals surface area contributed by atoms with Gasteiger partial charge in [0.1, 0.15) is 23.7 Å². The van der Waals surface area contributed by atoms with Crippen LogP contribution in [0.2, 0.25) is 0 Å². The lowest BCUT2D eigenvalue weighted by Crippen LogP contribution is -2.23. The highest BCUT2D eigenvalue weighted by Crippen LogP contribution is 2.19. The van der Waals surface area contributed by atoms with Gasteiger partial charge in [0.05, 0.1) is 18.4 Å². The topological polar surface area (TPSA) is 84.5 Å². The number of halogens is 2. The van der Waals surface area contributed by atoms with Crippen molar-refractivity contribution in [1.82, 2.24) is 0 Å². The summed E-state index contributed by atoms with van der Waals surface area (Å²) in [5, 5.41) is 4.39. The number of nitrogens with one attached hydrogen (secondary N) is 2. The number of carbonyl (C=O) groups excluding carboxylic acids is 3. The van der Waals surface area contributed by atoms with E-state index in [1.807, 2.05) is 5.32 Å². The van der Waals surface area contributed by atoms with Crippen LogP contribution in [0.3, 0.4) is 0 Å². The Morgan fingerprint density at radius 3 is 2.16 bits per heavy atom.